The van der Waals surface area contributed by atoms with Crippen LogP contribution in [0.25, 0.3) is 0 Å². The van der Waals surface area contributed by atoms with E-state index in [4.69, 9.17) is 9.47 Å². The minimum atomic E-state index is -1.55. The van der Waals surface area contributed by atoms with E-state index in [1.54, 1.807) is 54.1 Å². The van der Waals surface area contributed by atoms with Crippen LogP contribution in [0.5, 0.6) is 0 Å². The van der Waals surface area contributed by atoms with E-state index in [-0.39, 0.29) is 80.7 Å². The SMILES string of the molecule is CC[C@H](C)[C@@H]([C@@H](CC(=O)N1CCC[C@H]1[C@H](OC)[C@@H](C)C(=O)N[C@@H](Cc1ccccc1)C(=O)N[C@@H](CCC(=O)O)C(=O)N[C@@H](CCCCNC(=O)CCN1C(=O)C=CC1=O)C(=O)O)OC)N(C)C(=O)[C@@H](NC(=O)[C@H](C(C)C)N(C)CCCCNC)C(C)C. The maximum absolute atomic E-state index is 14.7. The summed E-state index contributed by atoms with van der Waals surface area (Å²) in [5.41, 5.74) is 0.624. The molecule has 0 unspecified atom stereocenters. The fraction of sp³-hybridized carbons (Fsp3) is 0.694. The number of hydrogen-bond acceptors (Lipinski definition) is 15. The van der Waals surface area contributed by atoms with Gasteiger partial charge in [0.05, 0.1) is 42.7 Å². The Bertz CT molecular complexity index is 2460. The van der Waals surface area contributed by atoms with Crippen molar-refractivity contribution < 1.29 is 72.4 Å². The van der Waals surface area contributed by atoms with Gasteiger partial charge < -0.3 is 61.4 Å². The lowest BCUT2D eigenvalue weighted by Gasteiger charge is -2.41. The number of methoxy groups -OCH3 is 2. The molecule has 1 aromatic rings. The number of carboxylic acid groups (broad SMARTS) is 2. The van der Waals surface area contributed by atoms with Gasteiger partial charge in [0.25, 0.3) is 11.8 Å². The zero-order valence-corrected chi connectivity index (χ0v) is 53.3. The molecule has 1 saturated heterocycles. The molecule has 11 atom stereocenters. The van der Waals surface area contributed by atoms with E-state index in [1.807, 2.05) is 60.5 Å². The van der Waals surface area contributed by atoms with Crippen LogP contribution in [0.2, 0.25) is 0 Å². The Morgan fingerprint density at radius 2 is 1.34 bits per heavy atom. The molecule has 0 bridgehead atoms. The van der Waals surface area contributed by atoms with Crippen LogP contribution in [0, 0.1) is 23.7 Å². The summed E-state index contributed by atoms with van der Waals surface area (Å²) in [5, 5.41) is 36.4. The number of aliphatic carboxylic acids is 2. The van der Waals surface area contributed by atoms with E-state index in [1.165, 1.54) is 14.2 Å². The maximum atomic E-state index is 14.7. The first-order valence-electron chi connectivity index (χ1n) is 30.7. The maximum Gasteiger partial charge on any atom is 0.326 e. The number of carboxylic acids is 2. The summed E-state index contributed by atoms with van der Waals surface area (Å²) in [4.78, 5) is 152. The number of likely N-dealkylation sites (tertiary alicyclic amines) is 1. The molecule has 488 valence electrons. The molecule has 2 aliphatic rings. The standard InChI is InChI=1S/C62H100N10O15/c1-13-40(6)55(70(10)61(83)53(38(2)3)68-60(82)54(39(4)5)69(9)33-20-19-31-63-8)47(86-11)37-51(76)71-34-21-25-46(71)56(87-12)41(7)57(79)67-45(36-42-22-15-14-16-23-42)59(81)65-43(26-29-52(77)78)58(80)66-44(62(84)85)24-17-18-32-64-48(73)30-35-72-49(74)27-28-50(72)75/h14-16,22-23,27-28,38-41,43-47,53-56,63H,13,17-21,24-26,29-37H2,1-12H3,(H,64,73)(H,65,81)(H,66,80)(H,67,79)(H,68,82)(H,77,78)(H,84,85)/t40-,41+,43-,44-,45-,46-,47+,53-,54-,55-,56+/m0/s1. The number of likely N-dealkylation sites (N-methyl/N-ethyl adjacent to an activating group) is 2. The number of ether oxygens (including phenoxy) is 2. The van der Waals surface area contributed by atoms with Crippen molar-refractivity contribution in [2.24, 2.45) is 23.7 Å². The van der Waals surface area contributed by atoms with E-state index >= 15 is 0 Å². The first kappa shape index (κ1) is 74.4. The summed E-state index contributed by atoms with van der Waals surface area (Å²) in [5.74, 6) is -8.91. The fourth-order valence-electron chi connectivity index (χ4n) is 11.4. The molecule has 0 spiro atoms. The van der Waals surface area contributed by atoms with E-state index in [9.17, 15) is 63.0 Å². The van der Waals surface area contributed by atoms with Crippen molar-refractivity contribution in [1.82, 2.24) is 51.5 Å². The molecule has 0 aliphatic carbocycles. The van der Waals surface area contributed by atoms with Gasteiger partial charge in [0.15, 0.2) is 0 Å². The second-order valence-corrected chi connectivity index (χ2v) is 23.7. The average Bonchev–Trinajstić information content (AvgIpc) is 3.24. The van der Waals surface area contributed by atoms with E-state index < -0.39 is 121 Å². The monoisotopic (exact) mass is 1220 g/mol. The van der Waals surface area contributed by atoms with Crippen molar-refractivity contribution in [1.29, 1.82) is 0 Å². The molecule has 1 aromatic carbocycles. The minimum Gasteiger partial charge on any atom is -0.481 e. The molecular formula is C62H100N10O15. The predicted octanol–water partition coefficient (Wildman–Crippen LogP) is 2.25. The summed E-state index contributed by atoms with van der Waals surface area (Å²) in [6.45, 7) is 15.3. The smallest absolute Gasteiger partial charge is 0.326 e. The van der Waals surface area contributed by atoms with Crippen LogP contribution in [0.3, 0.4) is 0 Å². The van der Waals surface area contributed by atoms with E-state index in [0.717, 1.165) is 36.4 Å². The van der Waals surface area contributed by atoms with Crippen molar-refractivity contribution >= 4 is 65.1 Å². The molecule has 25 heteroatoms. The highest BCUT2D eigenvalue weighted by atomic mass is 16.5. The summed E-state index contributed by atoms with van der Waals surface area (Å²) in [6, 6.07) is 1.79. The van der Waals surface area contributed by atoms with Gasteiger partial charge in [0, 0.05) is 72.3 Å². The van der Waals surface area contributed by atoms with Crippen LogP contribution in [0.1, 0.15) is 131 Å². The molecule has 0 radical (unpaired) electrons. The summed E-state index contributed by atoms with van der Waals surface area (Å²) in [6.07, 6.45) is 3.15. The van der Waals surface area contributed by atoms with E-state index in [2.05, 4.69) is 31.9 Å². The van der Waals surface area contributed by atoms with Crippen LogP contribution < -0.4 is 31.9 Å². The van der Waals surface area contributed by atoms with Gasteiger partial charge >= 0.3 is 11.9 Å². The highest BCUT2D eigenvalue weighted by Gasteiger charge is 2.44. The molecule has 3 rings (SSSR count). The lowest BCUT2D eigenvalue weighted by Crippen LogP contribution is -2.60. The molecule has 1 fully saturated rings. The van der Waals surface area contributed by atoms with Gasteiger partial charge in [-0.25, -0.2) is 4.79 Å². The largest absolute Gasteiger partial charge is 0.481 e. The molecular weight excluding hydrogens is 1120 g/mol. The molecule has 0 saturated carbocycles. The lowest BCUT2D eigenvalue weighted by molar-refractivity contribution is -0.148. The van der Waals surface area contributed by atoms with Crippen molar-refractivity contribution in [2.75, 3.05) is 68.1 Å². The molecule has 0 aromatic heterocycles. The third kappa shape index (κ3) is 23.3. The second-order valence-electron chi connectivity index (χ2n) is 23.7. The number of amides is 9. The Morgan fingerprint density at radius 3 is 1.92 bits per heavy atom. The van der Waals surface area contributed by atoms with Gasteiger partial charge in [-0.05, 0) is 102 Å². The number of unbranched alkanes of at least 4 members (excludes halogenated alkanes) is 2. The number of hydrogen-bond donors (Lipinski definition) is 8. The Labute approximate surface area is 513 Å². The molecule has 2 aliphatic heterocycles. The lowest BCUT2D eigenvalue weighted by atomic mass is 9.89. The summed E-state index contributed by atoms with van der Waals surface area (Å²) >= 11 is 0. The zero-order valence-electron chi connectivity index (χ0n) is 53.3. The number of carbonyl (C=O) groups excluding carboxylic acids is 9. The summed E-state index contributed by atoms with van der Waals surface area (Å²) < 4.78 is 12.1. The van der Waals surface area contributed by atoms with Crippen molar-refractivity contribution in [3.63, 3.8) is 0 Å². The van der Waals surface area contributed by atoms with Crippen molar-refractivity contribution in [3.05, 3.63) is 48.0 Å². The molecule has 8 N–H and O–H groups in total. The van der Waals surface area contributed by atoms with Gasteiger partial charge in [-0.3, -0.25) is 57.7 Å². The predicted molar refractivity (Wildman–Crippen MR) is 325 cm³/mol. The zero-order chi connectivity index (χ0) is 65.1. The Morgan fingerprint density at radius 1 is 0.724 bits per heavy atom. The van der Waals surface area contributed by atoms with Gasteiger partial charge in [0.1, 0.15) is 24.2 Å². The topological polar surface area (TPSA) is 332 Å². The minimum absolute atomic E-state index is 0.0335. The number of benzene rings is 1. The van der Waals surface area contributed by atoms with Gasteiger partial charge in [-0.2, -0.15) is 0 Å². The van der Waals surface area contributed by atoms with Crippen LogP contribution in [-0.2, 0) is 68.6 Å². The summed E-state index contributed by atoms with van der Waals surface area (Å²) in [7, 11) is 8.44. The first-order valence-corrected chi connectivity index (χ1v) is 30.7. The second kappa shape index (κ2) is 37.8. The third-order valence-corrected chi connectivity index (χ3v) is 16.6. The molecule has 9 amide bonds. The first-order chi connectivity index (χ1) is 41.2. The van der Waals surface area contributed by atoms with Gasteiger partial charge in [-0.15, -0.1) is 0 Å². The number of carbonyl (C=O) groups is 11. The highest BCUT2D eigenvalue weighted by Crippen LogP contribution is 2.30. The van der Waals surface area contributed by atoms with Gasteiger partial charge in [0.2, 0.25) is 41.4 Å². The highest BCUT2D eigenvalue weighted by molar-refractivity contribution is 6.13. The Balaban J connectivity index is 1.78. The average molecular weight is 1230 g/mol. The Hall–Kier alpha value is -6.83. The number of nitrogens with zero attached hydrogens (tertiary/aromatic N) is 4. The van der Waals surface area contributed by atoms with Crippen LogP contribution >= 0.6 is 0 Å². The number of rotatable bonds is 41. The number of nitrogens with one attached hydrogen (secondary N) is 6. The quantitative estimate of drug-likeness (QED) is 0.0344. The van der Waals surface area contributed by atoms with Crippen LogP contribution in [0.4, 0.5) is 0 Å². The molecule has 2 heterocycles. The normalized spacial score (nSPS) is 17.6. The third-order valence-electron chi connectivity index (χ3n) is 16.6. The number of imide groups is 1. The Kier molecular flexibility index (Phi) is 32.3. The fourth-order valence-corrected chi connectivity index (χ4v) is 11.4. The molecule has 87 heavy (non-hydrogen) atoms. The van der Waals surface area contributed by atoms with Crippen molar-refractivity contribution in [2.45, 2.75) is 186 Å². The van der Waals surface area contributed by atoms with Crippen LogP contribution in [-0.4, -0.2) is 218 Å². The van der Waals surface area contributed by atoms with Crippen molar-refractivity contribution in [3.8, 4) is 0 Å². The van der Waals surface area contributed by atoms with E-state index in [0.29, 0.717) is 44.3 Å². The van der Waals surface area contributed by atoms with Gasteiger partial charge in [-0.1, -0.05) is 85.2 Å². The van der Waals surface area contributed by atoms with Crippen LogP contribution in [0.15, 0.2) is 42.5 Å². The molecule has 25 nitrogen and oxygen atoms in total.